The highest BCUT2D eigenvalue weighted by Gasteiger charge is 2.34. The Morgan fingerprint density at radius 3 is 1.65 bits per heavy atom. The third-order valence-corrected chi connectivity index (χ3v) is 9.70. The first-order valence-electron chi connectivity index (χ1n) is 11.1. The Morgan fingerprint density at radius 2 is 1.23 bits per heavy atom. The van der Waals surface area contributed by atoms with Gasteiger partial charge in [0.05, 0.1) is 4.86 Å². The number of benzene rings is 2. The predicted molar refractivity (Wildman–Crippen MR) is 137 cm³/mol. The summed E-state index contributed by atoms with van der Waals surface area (Å²) in [6.45, 7) is 13.0. The van der Waals surface area contributed by atoms with Crippen molar-refractivity contribution in [2.45, 2.75) is 59.0 Å². The molecule has 0 aromatic heterocycles. The van der Waals surface area contributed by atoms with E-state index < -0.39 is 18.2 Å². The molecule has 1 aliphatic carbocycles. The monoisotopic (exact) mass is 452 g/mol. The summed E-state index contributed by atoms with van der Waals surface area (Å²) in [5, 5.41) is 2.56. The Morgan fingerprint density at radius 1 is 0.742 bits per heavy atom. The van der Waals surface area contributed by atoms with E-state index in [1.54, 1.807) is 0 Å². The smallest absolute Gasteiger partial charge is 0.184 e. The molecule has 0 N–H and O–H groups in total. The van der Waals surface area contributed by atoms with Crippen molar-refractivity contribution < 1.29 is 8.42 Å². The highest BCUT2D eigenvalue weighted by molar-refractivity contribution is 7.79. The Hall–Kier alpha value is -1.96. The van der Waals surface area contributed by atoms with E-state index in [9.17, 15) is 8.42 Å². The van der Waals surface area contributed by atoms with Crippen LogP contribution in [0.4, 0.5) is 0 Å². The topological polar surface area (TPSA) is 34.1 Å². The van der Waals surface area contributed by atoms with Crippen molar-refractivity contribution in [3.05, 3.63) is 83.5 Å². The van der Waals surface area contributed by atoms with Gasteiger partial charge in [-0.3, -0.25) is 0 Å². The molecule has 0 aliphatic heterocycles. The molecule has 3 rings (SSSR count). The van der Waals surface area contributed by atoms with Gasteiger partial charge in [0.1, 0.15) is 0 Å². The van der Waals surface area contributed by atoms with Crippen molar-refractivity contribution in [2.24, 2.45) is 5.92 Å². The third-order valence-electron chi connectivity index (χ3n) is 5.84. The lowest BCUT2D eigenvalue weighted by atomic mass is 9.94. The molecule has 164 valence electrons. The normalized spacial score (nSPS) is 16.5. The average molecular weight is 453 g/mol. The minimum atomic E-state index is -2.27. The maximum Gasteiger partial charge on any atom is 0.218 e. The van der Waals surface area contributed by atoms with Gasteiger partial charge in [-0.2, -0.15) is 8.42 Å². The Kier molecular flexibility index (Phi) is 7.73. The van der Waals surface area contributed by atoms with Gasteiger partial charge in [-0.05, 0) is 53.0 Å². The molecule has 2 nitrogen and oxygen atoms in total. The van der Waals surface area contributed by atoms with Crippen LogP contribution >= 0.6 is 7.92 Å². The van der Waals surface area contributed by atoms with Crippen LogP contribution in [0.5, 0.6) is 0 Å². The minimum absolute atomic E-state index is 0.151. The van der Waals surface area contributed by atoms with Crippen molar-refractivity contribution in [3.8, 4) is 0 Å². The van der Waals surface area contributed by atoms with Crippen LogP contribution in [0.2, 0.25) is 0 Å². The molecule has 1 atom stereocenters. The molecule has 4 heteroatoms. The molecule has 0 bridgehead atoms. The fourth-order valence-corrected chi connectivity index (χ4v) is 8.88. The standard InChI is InChI=1S/C27H33O2PS/c1-18(2)21-12-7-9-15-24(21)30(25-16-10-8-13-22(25)19(3)4)26-17-11-14-23(20(5)6)27(26)31(28)29/h7-20,26H,1-6H3. The van der Waals surface area contributed by atoms with Gasteiger partial charge >= 0.3 is 0 Å². The first-order chi connectivity index (χ1) is 14.7. The highest BCUT2D eigenvalue weighted by Crippen LogP contribution is 2.47. The van der Waals surface area contributed by atoms with Gasteiger partial charge in [-0.25, -0.2) is 0 Å². The van der Waals surface area contributed by atoms with E-state index in [0.29, 0.717) is 16.7 Å². The summed E-state index contributed by atoms with van der Waals surface area (Å²) in [4.78, 5) is 0.556. The summed E-state index contributed by atoms with van der Waals surface area (Å²) in [5.41, 5.74) is 3.36. The van der Waals surface area contributed by atoms with E-state index >= 15 is 0 Å². The molecule has 0 radical (unpaired) electrons. The summed E-state index contributed by atoms with van der Waals surface area (Å²) < 4.78 is 25.2. The number of allylic oxidation sites excluding steroid dienone is 4. The maximum absolute atomic E-state index is 12.6. The van der Waals surface area contributed by atoms with Crippen molar-refractivity contribution >= 4 is 33.7 Å². The molecule has 0 saturated heterocycles. The van der Waals surface area contributed by atoms with Gasteiger partial charge in [0.2, 0.25) is 10.3 Å². The van der Waals surface area contributed by atoms with E-state index in [1.165, 1.54) is 21.7 Å². The molecular weight excluding hydrogens is 419 g/mol. The predicted octanol–water partition coefficient (Wildman–Crippen LogP) is 5.94. The fourth-order valence-electron chi connectivity index (χ4n) is 4.30. The van der Waals surface area contributed by atoms with Crippen molar-refractivity contribution in [3.63, 3.8) is 0 Å². The van der Waals surface area contributed by atoms with Gasteiger partial charge in [0.15, 0.2) is 0 Å². The molecule has 2 aromatic rings. The zero-order chi connectivity index (χ0) is 22.7. The van der Waals surface area contributed by atoms with Crippen LogP contribution in [0.1, 0.15) is 64.5 Å². The first kappa shape index (κ1) is 23.7. The van der Waals surface area contributed by atoms with E-state index in [2.05, 4.69) is 102 Å². The zero-order valence-electron chi connectivity index (χ0n) is 19.3. The van der Waals surface area contributed by atoms with Crippen molar-refractivity contribution in [1.82, 2.24) is 0 Å². The van der Waals surface area contributed by atoms with Gasteiger partial charge in [-0.15, -0.1) is 0 Å². The Balaban J connectivity index is 2.36. The second kappa shape index (κ2) is 10.1. The number of rotatable bonds is 6. The molecule has 0 amide bonds. The van der Waals surface area contributed by atoms with Crippen LogP contribution in [0.3, 0.4) is 0 Å². The lowest BCUT2D eigenvalue weighted by molar-refractivity contribution is 0.626. The highest BCUT2D eigenvalue weighted by atomic mass is 32.2. The molecule has 0 spiro atoms. The molecular formula is C27H33O2PS. The van der Waals surface area contributed by atoms with E-state index in [4.69, 9.17) is 0 Å². The molecule has 0 saturated carbocycles. The van der Waals surface area contributed by atoms with Gasteiger partial charge in [0.25, 0.3) is 0 Å². The van der Waals surface area contributed by atoms with Crippen LogP contribution in [-0.4, -0.2) is 18.9 Å². The maximum atomic E-state index is 12.6. The first-order valence-corrected chi connectivity index (χ1v) is 13.5. The van der Waals surface area contributed by atoms with Gasteiger partial charge in [-0.1, -0.05) is 108 Å². The van der Waals surface area contributed by atoms with E-state index in [1.807, 2.05) is 6.08 Å². The Bertz CT molecular complexity index is 1080. The largest absolute Gasteiger partial charge is 0.218 e. The van der Waals surface area contributed by atoms with Crippen LogP contribution in [0.15, 0.2) is 72.3 Å². The summed E-state index contributed by atoms with van der Waals surface area (Å²) in [6, 6.07) is 17.2. The number of hydrogen-bond donors (Lipinski definition) is 0. The SMILES string of the molecule is CC(C)C1=CC=CC(P(c2ccccc2C(C)C)c2ccccc2C(C)C)C1=S(=O)=O. The summed E-state index contributed by atoms with van der Waals surface area (Å²) in [6.07, 6.45) is 6.14. The molecule has 1 unspecified atom stereocenters. The van der Waals surface area contributed by atoms with Gasteiger partial charge < -0.3 is 0 Å². The minimum Gasteiger partial charge on any atom is -0.184 e. The molecule has 1 aliphatic rings. The van der Waals surface area contributed by atoms with E-state index in [-0.39, 0.29) is 11.6 Å². The summed E-state index contributed by atoms with van der Waals surface area (Å²) in [7, 11) is -3.23. The lowest BCUT2D eigenvalue weighted by Crippen LogP contribution is -2.34. The van der Waals surface area contributed by atoms with E-state index in [0.717, 1.165) is 5.57 Å². The molecule has 0 fully saturated rings. The van der Waals surface area contributed by atoms with Crippen LogP contribution in [0, 0.1) is 5.92 Å². The molecule has 0 heterocycles. The van der Waals surface area contributed by atoms with Crippen molar-refractivity contribution in [2.75, 3.05) is 0 Å². The summed E-state index contributed by atoms with van der Waals surface area (Å²) >= 11 is 0. The Labute approximate surface area is 190 Å². The second-order valence-electron chi connectivity index (χ2n) is 9.00. The average Bonchev–Trinajstić information content (AvgIpc) is 2.74. The fraction of sp³-hybridized carbons (Fsp3) is 0.370. The second-order valence-corrected chi connectivity index (χ2v) is 12.2. The van der Waals surface area contributed by atoms with Crippen LogP contribution in [0.25, 0.3) is 0 Å². The molecule has 2 aromatic carbocycles. The quantitative estimate of drug-likeness (QED) is 0.402. The molecule has 31 heavy (non-hydrogen) atoms. The number of hydrogen-bond acceptors (Lipinski definition) is 2. The lowest BCUT2D eigenvalue weighted by Gasteiger charge is -2.33. The van der Waals surface area contributed by atoms with Crippen LogP contribution < -0.4 is 10.6 Å². The van der Waals surface area contributed by atoms with Gasteiger partial charge in [0, 0.05) is 5.66 Å². The zero-order valence-corrected chi connectivity index (χ0v) is 21.0. The third kappa shape index (κ3) is 4.94. The van der Waals surface area contributed by atoms with Crippen LogP contribution in [-0.2, 0) is 10.3 Å². The summed E-state index contributed by atoms with van der Waals surface area (Å²) in [5.74, 6) is 0.875. The van der Waals surface area contributed by atoms with Crippen molar-refractivity contribution in [1.29, 1.82) is 0 Å².